The Kier molecular flexibility index (Phi) is 2.90. The largest absolute Gasteiger partial charge is 0.384 e. The first-order valence-electron chi connectivity index (χ1n) is 5.54. The van der Waals surface area contributed by atoms with Gasteiger partial charge in [0.2, 0.25) is 0 Å². The van der Waals surface area contributed by atoms with Crippen molar-refractivity contribution >= 4 is 5.82 Å². The van der Waals surface area contributed by atoms with E-state index < -0.39 is 0 Å². The molecule has 2 heterocycles. The van der Waals surface area contributed by atoms with Crippen LogP contribution >= 0.6 is 0 Å². The molecule has 2 aromatic heterocycles. The summed E-state index contributed by atoms with van der Waals surface area (Å²) in [6, 6.07) is 3.72. The fraction of sp³-hybridized carbons (Fsp3) is 0.333. The monoisotopic (exact) mass is 216 g/mol. The molecular formula is C12H16N4. The number of nitrogen functional groups attached to an aromatic ring is 1. The minimum Gasteiger partial charge on any atom is -0.384 e. The highest BCUT2D eigenvalue weighted by Gasteiger charge is 2.08. The van der Waals surface area contributed by atoms with Gasteiger partial charge in [0, 0.05) is 17.5 Å². The quantitative estimate of drug-likeness (QED) is 0.826. The van der Waals surface area contributed by atoms with Gasteiger partial charge in [0.25, 0.3) is 0 Å². The molecule has 0 saturated carbocycles. The van der Waals surface area contributed by atoms with Crippen LogP contribution in [0.5, 0.6) is 0 Å². The Hall–Kier alpha value is -1.84. The summed E-state index contributed by atoms with van der Waals surface area (Å²) in [5.41, 5.74) is 8.86. The van der Waals surface area contributed by atoms with Crippen molar-refractivity contribution in [2.75, 3.05) is 5.73 Å². The highest BCUT2D eigenvalue weighted by molar-refractivity contribution is 5.56. The van der Waals surface area contributed by atoms with Crippen molar-refractivity contribution in [1.82, 2.24) is 15.0 Å². The number of aryl methyl sites for hydroxylation is 2. The minimum atomic E-state index is 0.529. The summed E-state index contributed by atoms with van der Waals surface area (Å²) in [6.07, 6.45) is 3.66. The number of aromatic nitrogens is 3. The Balaban J connectivity index is 2.40. The average molecular weight is 216 g/mol. The number of hydrogen-bond donors (Lipinski definition) is 2. The van der Waals surface area contributed by atoms with Crippen molar-refractivity contribution in [2.45, 2.75) is 26.7 Å². The van der Waals surface area contributed by atoms with Crippen LogP contribution in [0.2, 0.25) is 0 Å². The molecular weight excluding hydrogens is 200 g/mol. The topological polar surface area (TPSA) is 67.6 Å². The SMILES string of the molecule is CCc1nc(-c2ccc(N)nc2)[nH]c1CC. The summed E-state index contributed by atoms with van der Waals surface area (Å²) in [5, 5.41) is 0. The lowest BCUT2D eigenvalue weighted by Crippen LogP contribution is -1.89. The molecule has 0 saturated heterocycles. The Morgan fingerprint density at radius 3 is 2.56 bits per heavy atom. The molecule has 2 rings (SSSR count). The van der Waals surface area contributed by atoms with Crippen LogP contribution in [-0.4, -0.2) is 15.0 Å². The number of nitrogens with one attached hydrogen (secondary N) is 1. The van der Waals surface area contributed by atoms with Crippen LogP contribution in [0.4, 0.5) is 5.82 Å². The third-order valence-electron chi connectivity index (χ3n) is 2.61. The highest BCUT2D eigenvalue weighted by Crippen LogP contribution is 2.18. The van der Waals surface area contributed by atoms with E-state index in [1.807, 2.05) is 6.07 Å². The van der Waals surface area contributed by atoms with Crippen LogP contribution in [0.1, 0.15) is 25.2 Å². The van der Waals surface area contributed by atoms with Crippen molar-refractivity contribution in [1.29, 1.82) is 0 Å². The van der Waals surface area contributed by atoms with Gasteiger partial charge in [-0.15, -0.1) is 0 Å². The summed E-state index contributed by atoms with van der Waals surface area (Å²) in [5.74, 6) is 1.41. The Bertz CT molecular complexity index is 449. The fourth-order valence-corrected chi connectivity index (χ4v) is 1.71. The lowest BCUT2D eigenvalue weighted by Gasteiger charge is -1.96. The van der Waals surface area contributed by atoms with Crippen molar-refractivity contribution in [3.8, 4) is 11.4 Å². The molecule has 0 aliphatic carbocycles. The molecule has 4 nitrogen and oxygen atoms in total. The minimum absolute atomic E-state index is 0.529. The maximum absolute atomic E-state index is 5.55. The van der Waals surface area contributed by atoms with Crippen molar-refractivity contribution in [3.63, 3.8) is 0 Å². The Morgan fingerprint density at radius 1 is 1.25 bits per heavy atom. The molecule has 84 valence electrons. The predicted molar refractivity (Wildman–Crippen MR) is 65.0 cm³/mol. The number of nitrogens with two attached hydrogens (primary N) is 1. The number of H-pyrrole nitrogens is 1. The molecule has 4 heteroatoms. The van der Waals surface area contributed by atoms with E-state index in [1.165, 1.54) is 5.69 Å². The molecule has 2 aromatic rings. The summed E-state index contributed by atoms with van der Waals surface area (Å²) in [4.78, 5) is 12.0. The molecule has 0 bridgehead atoms. The lowest BCUT2D eigenvalue weighted by molar-refractivity contribution is 0.979. The second-order valence-electron chi connectivity index (χ2n) is 3.69. The van der Waals surface area contributed by atoms with Gasteiger partial charge in [0.05, 0.1) is 5.69 Å². The van der Waals surface area contributed by atoms with E-state index in [0.717, 1.165) is 29.9 Å². The zero-order valence-electron chi connectivity index (χ0n) is 9.62. The summed E-state index contributed by atoms with van der Waals surface area (Å²) >= 11 is 0. The zero-order chi connectivity index (χ0) is 11.5. The first-order chi connectivity index (χ1) is 7.74. The van der Waals surface area contributed by atoms with Gasteiger partial charge in [-0.25, -0.2) is 9.97 Å². The second-order valence-corrected chi connectivity index (χ2v) is 3.69. The van der Waals surface area contributed by atoms with Crippen molar-refractivity contribution < 1.29 is 0 Å². The van der Waals surface area contributed by atoms with E-state index >= 15 is 0 Å². The van der Waals surface area contributed by atoms with E-state index in [2.05, 4.69) is 28.8 Å². The molecule has 0 atom stereocenters. The van der Waals surface area contributed by atoms with Crippen LogP contribution in [0, 0.1) is 0 Å². The smallest absolute Gasteiger partial charge is 0.139 e. The summed E-state index contributed by atoms with van der Waals surface area (Å²) in [6.45, 7) is 4.23. The van der Waals surface area contributed by atoms with Crippen molar-refractivity contribution in [3.05, 3.63) is 29.7 Å². The third-order valence-corrected chi connectivity index (χ3v) is 2.61. The van der Waals surface area contributed by atoms with Gasteiger partial charge in [-0.05, 0) is 25.0 Å². The van der Waals surface area contributed by atoms with Gasteiger partial charge in [0.1, 0.15) is 11.6 Å². The van der Waals surface area contributed by atoms with Gasteiger partial charge in [-0.1, -0.05) is 13.8 Å². The van der Waals surface area contributed by atoms with Gasteiger partial charge in [-0.3, -0.25) is 0 Å². The summed E-state index contributed by atoms with van der Waals surface area (Å²) in [7, 11) is 0. The Labute approximate surface area is 94.9 Å². The first-order valence-corrected chi connectivity index (χ1v) is 5.54. The maximum atomic E-state index is 5.55. The molecule has 0 aliphatic heterocycles. The number of aromatic amines is 1. The second kappa shape index (κ2) is 4.35. The number of imidazole rings is 1. The number of rotatable bonds is 3. The van der Waals surface area contributed by atoms with Crippen LogP contribution < -0.4 is 5.73 Å². The average Bonchev–Trinajstić information content (AvgIpc) is 2.73. The third kappa shape index (κ3) is 1.91. The molecule has 0 fully saturated rings. The molecule has 0 spiro atoms. The van der Waals surface area contributed by atoms with E-state index in [1.54, 1.807) is 12.3 Å². The van der Waals surface area contributed by atoms with Gasteiger partial charge in [-0.2, -0.15) is 0 Å². The van der Waals surface area contributed by atoms with Gasteiger partial charge < -0.3 is 10.7 Å². The molecule has 0 aromatic carbocycles. The van der Waals surface area contributed by atoms with Crippen molar-refractivity contribution in [2.24, 2.45) is 0 Å². The van der Waals surface area contributed by atoms with Crippen LogP contribution in [0.25, 0.3) is 11.4 Å². The van der Waals surface area contributed by atoms with E-state index in [0.29, 0.717) is 5.82 Å². The number of anilines is 1. The molecule has 0 unspecified atom stereocenters. The molecule has 0 radical (unpaired) electrons. The maximum Gasteiger partial charge on any atom is 0.139 e. The lowest BCUT2D eigenvalue weighted by atomic mass is 10.2. The van der Waals surface area contributed by atoms with Gasteiger partial charge in [0.15, 0.2) is 0 Å². The fourth-order valence-electron chi connectivity index (χ4n) is 1.71. The number of pyridine rings is 1. The van der Waals surface area contributed by atoms with E-state index in [-0.39, 0.29) is 0 Å². The zero-order valence-corrected chi connectivity index (χ0v) is 9.62. The number of hydrogen-bond acceptors (Lipinski definition) is 3. The standard InChI is InChI=1S/C12H16N4/c1-3-9-10(4-2)16-12(15-9)8-5-6-11(13)14-7-8/h5-7H,3-4H2,1-2H3,(H2,13,14)(H,15,16). The van der Waals surface area contributed by atoms with Crippen LogP contribution in [0.15, 0.2) is 18.3 Å². The van der Waals surface area contributed by atoms with E-state index in [4.69, 9.17) is 5.73 Å². The highest BCUT2D eigenvalue weighted by atomic mass is 14.9. The van der Waals surface area contributed by atoms with Crippen LogP contribution in [0.3, 0.4) is 0 Å². The molecule has 0 aliphatic rings. The first kappa shape index (κ1) is 10.7. The molecule has 0 amide bonds. The summed E-state index contributed by atoms with van der Waals surface area (Å²) < 4.78 is 0. The molecule has 16 heavy (non-hydrogen) atoms. The van der Waals surface area contributed by atoms with Gasteiger partial charge >= 0.3 is 0 Å². The predicted octanol–water partition coefficient (Wildman–Crippen LogP) is 2.18. The number of nitrogens with zero attached hydrogens (tertiary/aromatic N) is 2. The normalized spacial score (nSPS) is 10.6. The van der Waals surface area contributed by atoms with E-state index in [9.17, 15) is 0 Å². The molecule has 3 N–H and O–H groups in total. The van der Waals surface area contributed by atoms with Crippen LogP contribution in [-0.2, 0) is 12.8 Å². The Morgan fingerprint density at radius 2 is 2.06 bits per heavy atom.